The number of esters is 1. The van der Waals surface area contributed by atoms with E-state index < -0.39 is 0 Å². The summed E-state index contributed by atoms with van der Waals surface area (Å²) >= 11 is 0. The summed E-state index contributed by atoms with van der Waals surface area (Å²) < 4.78 is 9.71. The van der Waals surface area contributed by atoms with Crippen molar-refractivity contribution in [3.05, 3.63) is 42.0 Å². The number of carbonyl (C=O) groups is 2. The van der Waals surface area contributed by atoms with E-state index in [2.05, 4.69) is 9.89 Å². The minimum absolute atomic E-state index is 0.0202. The third-order valence-corrected chi connectivity index (χ3v) is 3.71. The Bertz CT molecular complexity index is 782. The molecule has 0 aliphatic carbocycles. The van der Waals surface area contributed by atoms with Gasteiger partial charge in [0.25, 0.3) is 0 Å². The molecular weight excluding hydrogens is 310 g/mol. The normalized spacial score (nSPS) is 11.3. The zero-order valence-electron chi connectivity index (χ0n) is 13.6. The molecule has 0 aliphatic heterocycles. The van der Waals surface area contributed by atoms with Gasteiger partial charge in [0.2, 0.25) is 5.78 Å². The molecule has 0 spiro atoms. The van der Waals surface area contributed by atoms with E-state index in [-0.39, 0.29) is 30.3 Å². The van der Waals surface area contributed by atoms with Gasteiger partial charge in [-0.25, -0.2) is 0 Å². The fraction of sp³-hybridized carbons (Fsp3) is 0.278. The van der Waals surface area contributed by atoms with E-state index in [1.54, 1.807) is 19.2 Å². The number of nitrogens with zero attached hydrogens (tertiary/aromatic N) is 1. The van der Waals surface area contributed by atoms with Crippen LogP contribution in [0.4, 0.5) is 0 Å². The number of hydrogen-bond acceptors (Lipinski definition) is 6. The minimum Gasteiger partial charge on any atom is -0.497 e. The van der Waals surface area contributed by atoms with Crippen molar-refractivity contribution in [3.63, 3.8) is 0 Å². The first kappa shape index (κ1) is 17.5. The summed E-state index contributed by atoms with van der Waals surface area (Å²) in [6, 6.07) is 10.8. The molecule has 24 heavy (non-hydrogen) atoms. The highest BCUT2D eigenvalue weighted by molar-refractivity contribution is 6.46. The van der Waals surface area contributed by atoms with Crippen molar-refractivity contribution in [2.45, 2.75) is 19.3 Å². The van der Waals surface area contributed by atoms with Crippen LogP contribution in [0.2, 0.25) is 0 Å². The Labute approximate surface area is 139 Å². The standard InChI is InChI=1S/C18H19NO5/c1-23-15-9-8-12-10-14(7-6-13(12)11-15)18(21)16(19-22)4-3-5-17(20)24-2/h6-11,22H,3-5H2,1-2H3/b19-16-. The number of methoxy groups -OCH3 is 2. The molecule has 0 aliphatic rings. The molecule has 0 radical (unpaired) electrons. The number of carbonyl (C=O) groups excluding carboxylic acids is 2. The molecule has 0 unspecified atom stereocenters. The molecule has 0 atom stereocenters. The summed E-state index contributed by atoms with van der Waals surface area (Å²) in [4.78, 5) is 23.6. The Kier molecular flexibility index (Phi) is 5.89. The van der Waals surface area contributed by atoms with E-state index >= 15 is 0 Å². The molecule has 2 aromatic rings. The molecule has 0 amide bonds. The van der Waals surface area contributed by atoms with E-state index in [1.807, 2.05) is 24.3 Å². The number of ketones is 1. The molecule has 6 heteroatoms. The summed E-state index contributed by atoms with van der Waals surface area (Å²) in [6.07, 6.45) is 0.744. The van der Waals surface area contributed by atoms with Crippen LogP contribution >= 0.6 is 0 Å². The van der Waals surface area contributed by atoms with E-state index in [1.165, 1.54) is 7.11 Å². The maximum absolute atomic E-state index is 12.5. The van der Waals surface area contributed by atoms with Crippen molar-refractivity contribution in [3.8, 4) is 5.75 Å². The van der Waals surface area contributed by atoms with Gasteiger partial charge in [-0.2, -0.15) is 0 Å². The summed E-state index contributed by atoms with van der Waals surface area (Å²) in [5.74, 6) is 0.0153. The maximum atomic E-state index is 12.5. The minimum atomic E-state index is -0.362. The van der Waals surface area contributed by atoms with Crippen LogP contribution in [0.15, 0.2) is 41.6 Å². The quantitative estimate of drug-likeness (QED) is 0.277. The third-order valence-electron chi connectivity index (χ3n) is 3.71. The number of ether oxygens (including phenoxy) is 2. The van der Waals surface area contributed by atoms with Crippen LogP contribution in [0.1, 0.15) is 29.6 Å². The number of hydrogen-bond donors (Lipinski definition) is 1. The number of fused-ring (bicyclic) bond motifs is 1. The van der Waals surface area contributed by atoms with Crippen LogP contribution in [0, 0.1) is 0 Å². The molecule has 2 rings (SSSR count). The lowest BCUT2D eigenvalue weighted by molar-refractivity contribution is -0.140. The van der Waals surface area contributed by atoms with Crippen LogP contribution < -0.4 is 4.74 Å². The molecule has 1 N–H and O–H groups in total. The van der Waals surface area contributed by atoms with Crippen LogP contribution in [0.3, 0.4) is 0 Å². The van der Waals surface area contributed by atoms with Gasteiger partial charge in [0.05, 0.1) is 14.2 Å². The third kappa shape index (κ3) is 4.10. The largest absolute Gasteiger partial charge is 0.497 e. The van der Waals surface area contributed by atoms with Gasteiger partial charge >= 0.3 is 5.97 Å². The molecule has 0 aromatic heterocycles. The van der Waals surface area contributed by atoms with Crippen molar-refractivity contribution >= 4 is 28.2 Å². The first-order valence-corrected chi connectivity index (χ1v) is 7.49. The lowest BCUT2D eigenvalue weighted by Crippen LogP contribution is -2.15. The zero-order valence-corrected chi connectivity index (χ0v) is 13.6. The smallest absolute Gasteiger partial charge is 0.305 e. The molecule has 0 saturated heterocycles. The second kappa shape index (κ2) is 8.10. The lowest BCUT2D eigenvalue weighted by Gasteiger charge is -2.06. The van der Waals surface area contributed by atoms with Gasteiger partial charge < -0.3 is 14.7 Å². The number of oxime groups is 1. The molecule has 0 bridgehead atoms. The van der Waals surface area contributed by atoms with E-state index in [9.17, 15) is 9.59 Å². The highest BCUT2D eigenvalue weighted by Gasteiger charge is 2.16. The van der Waals surface area contributed by atoms with Gasteiger partial charge in [-0.05, 0) is 41.8 Å². The zero-order chi connectivity index (χ0) is 17.5. The summed E-state index contributed by atoms with van der Waals surface area (Å²) in [5, 5.41) is 14.0. The van der Waals surface area contributed by atoms with Gasteiger partial charge in [0.1, 0.15) is 11.5 Å². The van der Waals surface area contributed by atoms with Crippen molar-refractivity contribution in [2.24, 2.45) is 5.16 Å². The molecule has 0 fully saturated rings. The molecule has 126 valence electrons. The van der Waals surface area contributed by atoms with Gasteiger partial charge in [0, 0.05) is 12.0 Å². The average Bonchev–Trinajstić information content (AvgIpc) is 2.63. The lowest BCUT2D eigenvalue weighted by atomic mass is 9.99. The van der Waals surface area contributed by atoms with Crippen LogP contribution in [-0.4, -0.2) is 36.9 Å². The van der Waals surface area contributed by atoms with Crippen LogP contribution in [0.25, 0.3) is 10.8 Å². The number of benzene rings is 2. The summed E-state index contributed by atoms with van der Waals surface area (Å²) in [6.45, 7) is 0. The Morgan fingerprint density at radius 2 is 1.75 bits per heavy atom. The van der Waals surface area contributed by atoms with Crippen LogP contribution in [-0.2, 0) is 9.53 Å². The van der Waals surface area contributed by atoms with Gasteiger partial charge in [-0.1, -0.05) is 23.4 Å². The average molecular weight is 329 g/mol. The Balaban J connectivity index is 2.15. The van der Waals surface area contributed by atoms with E-state index in [0.29, 0.717) is 12.0 Å². The second-order valence-corrected chi connectivity index (χ2v) is 5.23. The monoisotopic (exact) mass is 329 g/mol. The molecule has 0 heterocycles. The first-order valence-electron chi connectivity index (χ1n) is 7.49. The van der Waals surface area contributed by atoms with Crippen molar-refractivity contribution < 1.29 is 24.3 Å². The summed E-state index contributed by atoms with van der Waals surface area (Å²) in [7, 11) is 2.90. The van der Waals surface area contributed by atoms with Crippen molar-refractivity contribution in [2.75, 3.05) is 14.2 Å². The molecule has 0 saturated carbocycles. The molecule has 6 nitrogen and oxygen atoms in total. The highest BCUT2D eigenvalue weighted by atomic mass is 16.5. The predicted molar refractivity (Wildman–Crippen MR) is 89.9 cm³/mol. The number of Topliss-reactive ketones (excluding diaryl/α,β-unsaturated/α-hetero) is 1. The highest BCUT2D eigenvalue weighted by Crippen LogP contribution is 2.22. The Hall–Kier alpha value is -2.89. The predicted octanol–water partition coefficient (Wildman–Crippen LogP) is 3.20. The topological polar surface area (TPSA) is 85.2 Å². The Morgan fingerprint density at radius 1 is 1.04 bits per heavy atom. The van der Waals surface area contributed by atoms with Crippen LogP contribution in [0.5, 0.6) is 5.75 Å². The fourth-order valence-electron chi connectivity index (χ4n) is 2.37. The second-order valence-electron chi connectivity index (χ2n) is 5.23. The van der Waals surface area contributed by atoms with E-state index in [0.717, 1.165) is 16.5 Å². The summed E-state index contributed by atoms with van der Waals surface area (Å²) in [5.41, 5.74) is 0.449. The van der Waals surface area contributed by atoms with Crippen molar-refractivity contribution in [1.82, 2.24) is 0 Å². The van der Waals surface area contributed by atoms with Gasteiger partial charge in [-0.3, -0.25) is 9.59 Å². The van der Waals surface area contributed by atoms with Crippen molar-refractivity contribution in [1.29, 1.82) is 0 Å². The van der Waals surface area contributed by atoms with Gasteiger partial charge in [-0.15, -0.1) is 0 Å². The SMILES string of the molecule is COC(=O)CCC/C(=N/O)C(=O)c1ccc2cc(OC)ccc2c1. The fourth-order valence-corrected chi connectivity index (χ4v) is 2.37. The molecular formula is C18H19NO5. The maximum Gasteiger partial charge on any atom is 0.305 e. The first-order chi connectivity index (χ1) is 11.6. The van der Waals surface area contributed by atoms with Gasteiger partial charge in [0.15, 0.2) is 0 Å². The number of rotatable bonds is 7. The Morgan fingerprint density at radius 3 is 2.42 bits per heavy atom. The molecule has 2 aromatic carbocycles. The van der Waals surface area contributed by atoms with E-state index in [4.69, 9.17) is 9.94 Å².